The minimum Gasteiger partial charge on any atom is -0.489 e. The molecule has 7 nitrogen and oxygen atoms in total. The molecule has 0 aromatic heterocycles. The van der Waals surface area contributed by atoms with Crippen LogP contribution < -0.4 is 10.1 Å². The SMILES string of the molecule is COC(=O)C1=C2C(=O)NCCN2C2=C(C(=O)CC(C)(C)C2)[C@@H]1c1ccc(OCc2ccccc2)cc1. The molecule has 1 fully saturated rings. The molecule has 2 aromatic carbocycles. The van der Waals surface area contributed by atoms with Crippen LogP contribution in [0.5, 0.6) is 5.75 Å². The lowest BCUT2D eigenvalue weighted by molar-refractivity contribution is -0.137. The standard InChI is InChI=1S/C29H30N2O5/c1-29(2)15-21-24(22(32)16-29)23(25(28(34)35-3)26-27(33)30-13-14-31(21)26)19-9-11-20(12-10-19)36-17-18-7-5-4-6-8-18/h4-12,23H,13-17H2,1-3H3,(H,30,33)/t23-/m0/s1. The van der Waals surface area contributed by atoms with Crippen LogP contribution in [-0.2, 0) is 25.7 Å². The number of fused-ring (bicyclic) bond motifs is 2. The first-order valence-electron chi connectivity index (χ1n) is 12.2. The summed E-state index contributed by atoms with van der Waals surface area (Å²) in [6.45, 7) is 5.50. The van der Waals surface area contributed by atoms with Crippen molar-refractivity contribution in [3.63, 3.8) is 0 Å². The van der Waals surface area contributed by atoms with Crippen LogP contribution in [0.1, 0.15) is 43.7 Å². The van der Waals surface area contributed by atoms with Gasteiger partial charge < -0.3 is 19.7 Å². The van der Waals surface area contributed by atoms with E-state index in [2.05, 4.69) is 19.2 Å². The second-order valence-corrected chi connectivity index (χ2v) is 10.2. The number of ketones is 1. The molecule has 0 bridgehead atoms. The van der Waals surface area contributed by atoms with E-state index in [4.69, 9.17) is 9.47 Å². The van der Waals surface area contributed by atoms with Gasteiger partial charge in [-0.05, 0) is 35.1 Å². The van der Waals surface area contributed by atoms with Crippen molar-refractivity contribution in [1.29, 1.82) is 0 Å². The van der Waals surface area contributed by atoms with Gasteiger partial charge in [-0.15, -0.1) is 0 Å². The van der Waals surface area contributed by atoms with Gasteiger partial charge >= 0.3 is 5.97 Å². The lowest BCUT2D eigenvalue weighted by Crippen LogP contribution is -2.51. The number of hydrogen-bond acceptors (Lipinski definition) is 6. The quantitative estimate of drug-likeness (QED) is 0.646. The van der Waals surface area contributed by atoms with Gasteiger partial charge in [0.2, 0.25) is 0 Å². The molecule has 2 heterocycles. The Morgan fingerprint density at radius 1 is 1.06 bits per heavy atom. The van der Waals surface area contributed by atoms with E-state index in [-0.39, 0.29) is 28.4 Å². The van der Waals surface area contributed by atoms with E-state index in [0.717, 1.165) is 16.8 Å². The number of allylic oxidation sites excluding steroid dienone is 2. The number of benzene rings is 2. The highest BCUT2D eigenvalue weighted by Crippen LogP contribution is 2.50. The van der Waals surface area contributed by atoms with Gasteiger partial charge in [0.1, 0.15) is 18.1 Å². The van der Waals surface area contributed by atoms with E-state index in [1.54, 1.807) is 0 Å². The van der Waals surface area contributed by atoms with Crippen LogP contribution >= 0.6 is 0 Å². The Morgan fingerprint density at radius 2 is 1.78 bits per heavy atom. The lowest BCUT2D eigenvalue weighted by atomic mass is 9.68. The van der Waals surface area contributed by atoms with E-state index in [0.29, 0.717) is 43.9 Å². The number of amides is 1. The summed E-state index contributed by atoms with van der Waals surface area (Å²) < 4.78 is 11.1. The van der Waals surface area contributed by atoms with E-state index in [1.165, 1.54) is 7.11 Å². The van der Waals surface area contributed by atoms with Crippen LogP contribution in [0.15, 0.2) is 77.1 Å². The van der Waals surface area contributed by atoms with Gasteiger partial charge in [0.15, 0.2) is 5.78 Å². The van der Waals surface area contributed by atoms with E-state index < -0.39 is 11.9 Å². The minimum atomic E-state index is -0.686. The lowest BCUT2D eigenvalue weighted by Gasteiger charge is -2.46. The molecule has 1 amide bonds. The molecule has 1 aliphatic carbocycles. The maximum atomic E-state index is 13.6. The number of ether oxygens (including phenoxy) is 2. The van der Waals surface area contributed by atoms with Crippen molar-refractivity contribution in [2.75, 3.05) is 20.2 Å². The second-order valence-electron chi connectivity index (χ2n) is 10.2. The number of hydrogen-bond donors (Lipinski definition) is 1. The molecule has 0 spiro atoms. The Kier molecular flexibility index (Phi) is 6.16. The summed E-state index contributed by atoms with van der Waals surface area (Å²) in [5, 5.41) is 2.86. The third kappa shape index (κ3) is 4.30. The molecular weight excluding hydrogens is 456 g/mol. The van der Waals surface area contributed by atoms with Crippen molar-refractivity contribution in [2.45, 2.75) is 39.2 Å². The van der Waals surface area contributed by atoms with E-state index in [1.807, 2.05) is 59.5 Å². The summed E-state index contributed by atoms with van der Waals surface area (Å²) in [7, 11) is 1.30. The van der Waals surface area contributed by atoms with Crippen LogP contribution in [0.2, 0.25) is 0 Å². The van der Waals surface area contributed by atoms with Crippen LogP contribution in [0, 0.1) is 5.41 Å². The zero-order valence-electron chi connectivity index (χ0n) is 20.8. The summed E-state index contributed by atoms with van der Waals surface area (Å²) >= 11 is 0. The topological polar surface area (TPSA) is 84.9 Å². The molecule has 5 rings (SSSR count). The van der Waals surface area contributed by atoms with Crippen LogP contribution in [0.3, 0.4) is 0 Å². The molecule has 2 aromatic rings. The number of rotatable bonds is 5. The Bertz CT molecular complexity index is 1270. The van der Waals surface area contributed by atoms with Crippen molar-refractivity contribution in [2.24, 2.45) is 5.41 Å². The molecular formula is C29H30N2O5. The molecule has 0 saturated carbocycles. The maximum absolute atomic E-state index is 13.6. The highest BCUT2D eigenvalue weighted by atomic mass is 16.5. The Hall–Kier alpha value is -3.87. The molecule has 2 aliphatic heterocycles. The van der Waals surface area contributed by atoms with Gasteiger partial charge in [-0.2, -0.15) is 0 Å². The first-order valence-corrected chi connectivity index (χ1v) is 12.2. The summed E-state index contributed by atoms with van der Waals surface area (Å²) in [5.41, 5.74) is 3.48. The average molecular weight is 487 g/mol. The van der Waals surface area contributed by atoms with Crippen molar-refractivity contribution in [3.05, 3.63) is 88.3 Å². The van der Waals surface area contributed by atoms with Gasteiger partial charge in [-0.1, -0.05) is 56.3 Å². The predicted molar refractivity (Wildman–Crippen MR) is 134 cm³/mol. The number of nitrogens with zero attached hydrogens (tertiary/aromatic N) is 1. The molecule has 1 atom stereocenters. The predicted octanol–water partition coefficient (Wildman–Crippen LogP) is 3.86. The summed E-state index contributed by atoms with van der Waals surface area (Å²) in [5.74, 6) is -0.938. The van der Waals surface area contributed by atoms with Gasteiger partial charge in [0.25, 0.3) is 5.91 Å². The molecule has 186 valence electrons. The third-order valence-corrected chi connectivity index (χ3v) is 7.03. The first kappa shape index (κ1) is 23.9. The van der Waals surface area contributed by atoms with Crippen LogP contribution in [0.25, 0.3) is 0 Å². The smallest absolute Gasteiger partial charge is 0.337 e. The van der Waals surface area contributed by atoms with Crippen LogP contribution in [-0.4, -0.2) is 42.8 Å². The Labute approximate surface area is 210 Å². The maximum Gasteiger partial charge on any atom is 0.337 e. The Balaban J connectivity index is 1.58. The van der Waals surface area contributed by atoms with E-state index >= 15 is 0 Å². The number of piperazine rings is 1. The average Bonchev–Trinajstić information content (AvgIpc) is 2.87. The number of esters is 1. The number of methoxy groups -OCH3 is 1. The fraction of sp³-hybridized carbons (Fsp3) is 0.345. The van der Waals surface area contributed by atoms with Crippen molar-refractivity contribution in [1.82, 2.24) is 10.2 Å². The van der Waals surface area contributed by atoms with Crippen molar-refractivity contribution < 1.29 is 23.9 Å². The highest BCUT2D eigenvalue weighted by molar-refractivity contribution is 6.09. The molecule has 36 heavy (non-hydrogen) atoms. The summed E-state index contributed by atoms with van der Waals surface area (Å²) in [6, 6.07) is 17.3. The Morgan fingerprint density at radius 3 is 2.47 bits per heavy atom. The highest BCUT2D eigenvalue weighted by Gasteiger charge is 2.48. The van der Waals surface area contributed by atoms with Gasteiger partial charge in [-0.3, -0.25) is 9.59 Å². The molecule has 0 unspecified atom stereocenters. The van der Waals surface area contributed by atoms with Crippen molar-refractivity contribution >= 4 is 17.7 Å². The van der Waals surface area contributed by atoms with Gasteiger partial charge in [0, 0.05) is 36.7 Å². The monoisotopic (exact) mass is 486 g/mol. The van der Waals surface area contributed by atoms with E-state index in [9.17, 15) is 14.4 Å². The fourth-order valence-electron chi connectivity index (χ4n) is 5.44. The van der Waals surface area contributed by atoms with Gasteiger partial charge in [0.05, 0.1) is 12.7 Å². The molecule has 1 saturated heterocycles. The second kappa shape index (κ2) is 9.30. The number of carbonyl (C=O) groups excluding carboxylic acids is 3. The molecule has 3 aliphatic rings. The van der Waals surface area contributed by atoms with Gasteiger partial charge in [-0.25, -0.2) is 4.79 Å². The zero-order valence-corrected chi connectivity index (χ0v) is 20.8. The zero-order chi connectivity index (χ0) is 25.4. The number of Topliss-reactive ketones (excluding diaryl/α,β-unsaturated/α-hetero) is 1. The van der Waals surface area contributed by atoms with Crippen molar-refractivity contribution in [3.8, 4) is 5.75 Å². The number of nitrogens with one attached hydrogen (secondary N) is 1. The number of carbonyl (C=O) groups is 3. The molecule has 0 radical (unpaired) electrons. The summed E-state index contributed by atoms with van der Waals surface area (Å²) in [6.07, 6.45) is 1.03. The minimum absolute atomic E-state index is 0.00193. The third-order valence-electron chi connectivity index (χ3n) is 7.03. The molecule has 7 heteroatoms. The normalized spacial score (nSPS) is 21.0. The molecule has 1 N–H and O–H groups in total. The van der Waals surface area contributed by atoms with Crippen LogP contribution in [0.4, 0.5) is 0 Å². The summed E-state index contributed by atoms with van der Waals surface area (Å²) in [4.78, 5) is 41.7. The first-order chi connectivity index (χ1) is 17.3. The fourth-order valence-corrected chi connectivity index (χ4v) is 5.44. The largest absolute Gasteiger partial charge is 0.489 e.